The van der Waals surface area contributed by atoms with Crippen molar-refractivity contribution in [1.29, 1.82) is 0 Å². The van der Waals surface area contributed by atoms with Crippen molar-refractivity contribution in [3.8, 4) is 0 Å². The van der Waals surface area contributed by atoms with E-state index in [2.05, 4.69) is 5.32 Å². The van der Waals surface area contributed by atoms with Gasteiger partial charge in [-0.1, -0.05) is 18.5 Å². The lowest BCUT2D eigenvalue weighted by Crippen LogP contribution is -2.34. The summed E-state index contributed by atoms with van der Waals surface area (Å²) in [5.74, 6) is -2.53. The monoisotopic (exact) mass is 261 g/mol. The molecule has 0 aliphatic heterocycles. The average molecular weight is 262 g/mol. The maximum absolute atomic E-state index is 11.5. The highest BCUT2D eigenvalue weighted by Gasteiger charge is 2.23. The first kappa shape index (κ1) is 13.0. The van der Waals surface area contributed by atoms with Crippen LogP contribution in [0.25, 0.3) is 0 Å². The molecule has 0 bridgehead atoms. The van der Waals surface area contributed by atoms with Crippen LogP contribution >= 0.6 is 22.9 Å². The zero-order chi connectivity index (χ0) is 12.1. The van der Waals surface area contributed by atoms with Crippen LogP contribution in [-0.2, 0) is 16.1 Å². The number of nitrogens with one attached hydrogen (secondary N) is 1. The molecule has 1 heterocycles. The van der Waals surface area contributed by atoms with Gasteiger partial charge in [-0.3, -0.25) is 9.59 Å². The molecule has 1 atom stereocenters. The summed E-state index contributed by atoms with van der Waals surface area (Å²) in [5, 5.41) is 11.3. The lowest BCUT2D eigenvalue weighted by Gasteiger charge is -2.09. The van der Waals surface area contributed by atoms with Gasteiger partial charge < -0.3 is 10.4 Å². The van der Waals surface area contributed by atoms with Gasteiger partial charge in [0.05, 0.1) is 10.9 Å². The zero-order valence-electron chi connectivity index (χ0n) is 8.70. The quantitative estimate of drug-likeness (QED) is 0.798. The van der Waals surface area contributed by atoms with E-state index in [1.807, 2.05) is 0 Å². The summed E-state index contributed by atoms with van der Waals surface area (Å²) in [7, 11) is 0. The fourth-order valence-electron chi connectivity index (χ4n) is 1.22. The number of halogens is 1. The van der Waals surface area contributed by atoms with Crippen molar-refractivity contribution in [2.75, 3.05) is 0 Å². The highest BCUT2D eigenvalue weighted by atomic mass is 35.5. The summed E-state index contributed by atoms with van der Waals surface area (Å²) < 4.78 is 0.648. The Morgan fingerprint density at radius 1 is 1.56 bits per heavy atom. The first-order chi connectivity index (χ1) is 7.54. The molecule has 0 fully saturated rings. The van der Waals surface area contributed by atoms with Crippen LogP contribution in [0, 0.1) is 5.92 Å². The largest absolute Gasteiger partial charge is 0.481 e. The van der Waals surface area contributed by atoms with E-state index in [1.54, 1.807) is 19.1 Å². The number of aliphatic carboxylic acids is 1. The first-order valence-corrected chi connectivity index (χ1v) is 5.98. The molecule has 0 aliphatic rings. The molecule has 1 aromatic heterocycles. The summed E-state index contributed by atoms with van der Waals surface area (Å²) in [6, 6.07) is 3.54. The van der Waals surface area contributed by atoms with Crippen LogP contribution in [0.3, 0.4) is 0 Å². The maximum atomic E-state index is 11.5. The number of thiophene rings is 1. The molecule has 0 saturated carbocycles. The SMILES string of the molecule is CCC(C(=O)O)C(=O)NCc1ccc(Cl)s1. The molecule has 16 heavy (non-hydrogen) atoms. The summed E-state index contributed by atoms with van der Waals surface area (Å²) in [4.78, 5) is 23.1. The van der Waals surface area contributed by atoms with Gasteiger partial charge in [-0.15, -0.1) is 11.3 Å². The van der Waals surface area contributed by atoms with Crippen LogP contribution in [0.15, 0.2) is 12.1 Å². The van der Waals surface area contributed by atoms with Crippen LogP contribution in [0.1, 0.15) is 18.2 Å². The van der Waals surface area contributed by atoms with Crippen LogP contribution < -0.4 is 5.32 Å². The first-order valence-electron chi connectivity index (χ1n) is 4.79. The van der Waals surface area contributed by atoms with Crippen LogP contribution in [-0.4, -0.2) is 17.0 Å². The van der Waals surface area contributed by atoms with Gasteiger partial charge >= 0.3 is 5.97 Å². The molecular weight excluding hydrogens is 250 g/mol. The number of hydrogen-bond acceptors (Lipinski definition) is 3. The number of hydrogen-bond donors (Lipinski definition) is 2. The Kier molecular flexibility index (Phi) is 4.76. The Morgan fingerprint density at radius 3 is 2.69 bits per heavy atom. The lowest BCUT2D eigenvalue weighted by atomic mass is 10.1. The minimum atomic E-state index is -1.09. The number of carbonyl (C=O) groups is 2. The molecule has 0 aromatic carbocycles. The van der Waals surface area contributed by atoms with Crippen molar-refractivity contribution in [1.82, 2.24) is 5.32 Å². The maximum Gasteiger partial charge on any atom is 0.316 e. The van der Waals surface area contributed by atoms with E-state index < -0.39 is 17.8 Å². The number of carboxylic acid groups (broad SMARTS) is 1. The molecule has 4 nitrogen and oxygen atoms in total. The lowest BCUT2D eigenvalue weighted by molar-refractivity contribution is -0.147. The third-order valence-electron chi connectivity index (χ3n) is 2.09. The third-order valence-corrected chi connectivity index (χ3v) is 3.32. The van der Waals surface area contributed by atoms with Crippen LogP contribution in [0.2, 0.25) is 4.34 Å². The topological polar surface area (TPSA) is 66.4 Å². The van der Waals surface area contributed by atoms with Crippen molar-refractivity contribution in [2.45, 2.75) is 19.9 Å². The minimum absolute atomic E-state index is 0.284. The van der Waals surface area contributed by atoms with Gasteiger partial charge in [0.25, 0.3) is 0 Å². The molecule has 0 saturated heterocycles. The van der Waals surface area contributed by atoms with Crippen molar-refractivity contribution < 1.29 is 14.7 Å². The highest BCUT2D eigenvalue weighted by molar-refractivity contribution is 7.16. The van der Waals surface area contributed by atoms with Gasteiger partial charge in [0, 0.05) is 4.88 Å². The Balaban J connectivity index is 2.49. The third kappa shape index (κ3) is 3.50. The standard InChI is InChI=1S/C10H12ClNO3S/c1-2-7(10(14)15)9(13)12-5-6-3-4-8(11)16-6/h3-4,7H,2,5H2,1H3,(H,12,13)(H,14,15). The number of carbonyl (C=O) groups excluding carboxylic acids is 1. The molecule has 88 valence electrons. The molecule has 1 unspecified atom stereocenters. The second-order valence-corrected chi connectivity index (χ2v) is 5.02. The predicted octanol–water partition coefficient (Wildman–Crippen LogP) is 2.13. The Bertz CT molecular complexity index is 391. The summed E-state index contributed by atoms with van der Waals surface area (Å²) >= 11 is 7.09. The molecular formula is C10H12ClNO3S. The predicted molar refractivity (Wildman–Crippen MR) is 62.6 cm³/mol. The van der Waals surface area contributed by atoms with E-state index in [4.69, 9.17) is 16.7 Å². The van der Waals surface area contributed by atoms with E-state index in [0.717, 1.165) is 4.88 Å². The van der Waals surface area contributed by atoms with E-state index in [1.165, 1.54) is 11.3 Å². The fourth-order valence-corrected chi connectivity index (χ4v) is 2.24. The van der Waals surface area contributed by atoms with Gasteiger partial charge in [0.2, 0.25) is 5.91 Å². The van der Waals surface area contributed by atoms with Gasteiger partial charge in [-0.05, 0) is 18.6 Å². The van der Waals surface area contributed by atoms with Gasteiger partial charge in [-0.2, -0.15) is 0 Å². The second-order valence-electron chi connectivity index (χ2n) is 3.22. The van der Waals surface area contributed by atoms with Crippen molar-refractivity contribution in [2.24, 2.45) is 5.92 Å². The average Bonchev–Trinajstić information content (AvgIpc) is 2.62. The van der Waals surface area contributed by atoms with Crippen LogP contribution in [0.4, 0.5) is 0 Å². The van der Waals surface area contributed by atoms with E-state index >= 15 is 0 Å². The second kappa shape index (κ2) is 5.86. The van der Waals surface area contributed by atoms with E-state index in [9.17, 15) is 9.59 Å². The molecule has 6 heteroatoms. The zero-order valence-corrected chi connectivity index (χ0v) is 10.3. The molecule has 1 amide bonds. The van der Waals surface area contributed by atoms with Crippen LogP contribution in [0.5, 0.6) is 0 Å². The van der Waals surface area contributed by atoms with E-state index in [-0.39, 0.29) is 6.42 Å². The Hall–Kier alpha value is -1.07. The molecule has 0 spiro atoms. The molecule has 0 aliphatic carbocycles. The number of amides is 1. The van der Waals surface area contributed by atoms with E-state index in [0.29, 0.717) is 10.9 Å². The normalized spacial score (nSPS) is 12.1. The minimum Gasteiger partial charge on any atom is -0.481 e. The van der Waals surface area contributed by atoms with Gasteiger partial charge in [0.15, 0.2) is 0 Å². The van der Waals surface area contributed by atoms with Crippen molar-refractivity contribution >= 4 is 34.8 Å². The highest BCUT2D eigenvalue weighted by Crippen LogP contribution is 2.21. The molecule has 1 rings (SSSR count). The van der Waals surface area contributed by atoms with Crippen molar-refractivity contribution in [3.05, 3.63) is 21.3 Å². The van der Waals surface area contributed by atoms with Gasteiger partial charge in [-0.25, -0.2) is 0 Å². The molecule has 1 aromatic rings. The Labute approximate surface area is 102 Å². The summed E-state index contributed by atoms with van der Waals surface area (Å²) in [6.45, 7) is 1.99. The molecule has 0 radical (unpaired) electrons. The number of rotatable bonds is 5. The fraction of sp³-hybridized carbons (Fsp3) is 0.400. The smallest absolute Gasteiger partial charge is 0.316 e. The molecule has 2 N–H and O–H groups in total. The Morgan fingerprint density at radius 2 is 2.25 bits per heavy atom. The number of carboxylic acids is 1. The summed E-state index contributed by atoms with van der Waals surface area (Å²) in [5.41, 5.74) is 0. The summed E-state index contributed by atoms with van der Waals surface area (Å²) in [6.07, 6.45) is 0.284. The van der Waals surface area contributed by atoms with Gasteiger partial charge in [0.1, 0.15) is 5.92 Å². The van der Waals surface area contributed by atoms with Crippen molar-refractivity contribution in [3.63, 3.8) is 0 Å².